The summed E-state index contributed by atoms with van der Waals surface area (Å²) in [6.07, 6.45) is 3.25. The standard InChI is InChI=1S/C9H9ClN2O2/c10-7-1-2-11-3-6(7)8-4-14-5-9(13)12-8/h1-3,8H,4-5H2,(H,12,13)/t8-/m0/s1. The molecule has 1 N–H and O–H groups in total. The van der Waals surface area contributed by atoms with Crippen molar-refractivity contribution in [3.05, 3.63) is 29.0 Å². The highest BCUT2D eigenvalue weighted by Gasteiger charge is 2.22. The fourth-order valence-corrected chi connectivity index (χ4v) is 1.60. The fourth-order valence-electron chi connectivity index (χ4n) is 1.36. The van der Waals surface area contributed by atoms with Crippen molar-refractivity contribution in [1.29, 1.82) is 0 Å². The van der Waals surface area contributed by atoms with Gasteiger partial charge in [-0.05, 0) is 6.07 Å². The molecule has 0 bridgehead atoms. The predicted molar refractivity (Wildman–Crippen MR) is 50.9 cm³/mol. The Hall–Kier alpha value is -1.13. The molecule has 0 unspecified atom stereocenters. The van der Waals surface area contributed by atoms with Crippen molar-refractivity contribution in [2.45, 2.75) is 6.04 Å². The van der Waals surface area contributed by atoms with E-state index >= 15 is 0 Å². The van der Waals surface area contributed by atoms with Gasteiger partial charge in [-0.1, -0.05) is 11.6 Å². The molecule has 4 nitrogen and oxygen atoms in total. The smallest absolute Gasteiger partial charge is 0.246 e. The lowest BCUT2D eigenvalue weighted by atomic mass is 10.1. The number of rotatable bonds is 1. The molecule has 0 aromatic carbocycles. The van der Waals surface area contributed by atoms with Gasteiger partial charge in [0.2, 0.25) is 5.91 Å². The van der Waals surface area contributed by atoms with Gasteiger partial charge in [-0.15, -0.1) is 0 Å². The molecular weight excluding hydrogens is 204 g/mol. The Balaban J connectivity index is 2.22. The number of pyridine rings is 1. The maximum atomic E-state index is 11.1. The Morgan fingerprint density at radius 3 is 3.21 bits per heavy atom. The number of hydrogen-bond donors (Lipinski definition) is 1. The Morgan fingerprint density at radius 1 is 1.64 bits per heavy atom. The molecular formula is C9H9ClN2O2. The molecule has 74 valence electrons. The van der Waals surface area contributed by atoms with E-state index in [1.807, 2.05) is 0 Å². The maximum absolute atomic E-state index is 11.1. The summed E-state index contributed by atoms with van der Waals surface area (Å²) in [5.41, 5.74) is 0.794. The van der Waals surface area contributed by atoms with Crippen LogP contribution < -0.4 is 5.32 Å². The monoisotopic (exact) mass is 212 g/mol. The van der Waals surface area contributed by atoms with Crippen molar-refractivity contribution < 1.29 is 9.53 Å². The van der Waals surface area contributed by atoms with Gasteiger partial charge in [0.25, 0.3) is 0 Å². The van der Waals surface area contributed by atoms with Crippen LogP contribution in [0.25, 0.3) is 0 Å². The summed E-state index contributed by atoms with van der Waals surface area (Å²) in [6.45, 7) is 0.561. The van der Waals surface area contributed by atoms with Gasteiger partial charge >= 0.3 is 0 Å². The van der Waals surface area contributed by atoms with Gasteiger partial charge in [0.15, 0.2) is 0 Å². The number of nitrogens with one attached hydrogen (secondary N) is 1. The average Bonchev–Trinajstić information content (AvgIpc) is 2.18. The summed E-state index contributed by atoms with van der Waals surface area (Å²) in [5.74, 6) is -0.124. The van der Waals surface area contributed by atoms with E-state index in [0.29, 0.717) is 11.6 Å². The van der Waals surface area contributed by atoms with Crippen LogP contribution in [0, 0.1) is 0 Å². The quantitative estimate of drug-likeness (QED) is 0.753. The molecule has 0 radical (unpaired) electrons. The third-order valence-corrected chi connectivity index (χ3v) is 2.37. The van der Waals surface area contributed by atoms with Crippen LogP contribution in [0.1, 0.15) is 11.6 Å². The number of carbonyl (C=O) groups excluding carboxylic acids is 1. The Morgan fingerprint density at radius 2 is 2.50 bits per heavy atom. The number of halogens is 1. The van der Waals surface area contributed by atoms with Crippen LogP contribution in [-0.2, 0) is 9.53 Å². The lowest BCUT2D eigenvalue weighted by Crippen LogP contribution is -2.39. The van der Waals surface area contributed by atoms with E-state index in [9.17, 15) is 4.79 Å². The van der Waals surface area contributed by atoms with Crippen molar-refractivity contribution in [2.24, 2.45) is 0 Å². The highest BCUT2D eigenvalue weighted by atomic mass is 35.5. The van der Waals surface area contributed by atoms with E-state index in [1.54, 1.807) is 18.5 Å². The van der Waals surface area contributed by atoms with Crippen LogP contribution in [0.3, 0.4) is 0 Å². The number of hydrogen-bond acceptors (Lipinski definition) is 3. The number of carbonyl (C=O) groups is 1. The summed E-state index contributed by atoms with van der Waals surface area (Å²) in [7, 11) is 0. The average molecular weight is 213 g/mol. The summed E-state index contributed by atoms with van der Waals surface area (Å²) in [4.78, 5) is 15.0. The zero-order valence-corrected chi connectivity index (χ0v) is 8.12. The lowest BCUT2D eigenvalue weighted by molar-refractivity contribution is -0.131. The third kappa shape index (κ3) is 1.86. The molecule has 2 rings (SSSR count). The number of amides is 1. The van der Waals surface area contributed by atoms with E-state index in [0.717, 1.165) is 5.56 Å². The van der Waals surface area contributed by atoms with Crippen LogP contribution in [0.2, 0.25) is 5.02 Å². The lowest BCUT2D eigenvalue weighted by Gasteiger charge is -2.24. The molecule has 1 atom stereocenters. The number of nitrogens with zero attached hydrogens (tertiary/aromatic N) is 1. The van der Waals surface area contributed by atoms with Crippen LogP contribution in [0.15, 0.2) is 18.5 Å². The summed E-state index contributed by atoms with van der Waals surface area (Å²) in [6, 6.07) is 1.51. The third-order valence-electron chi connectivity index (χ3n) is 2.02. The van der Waals surface area contributed by atoms with Crippen LogP contribution in [0.4, 0.5) is 0 Å². The Kier molecular flexibility index (Phi) is 2.65. The van der Waals surface area contributed by atoms with E-state index in [-0.39, 0.29) is 18.6 Å². The van der Waals surface area contributed by atoms with E-state index in [2.05, 4.69) is 10.3 Å². The molecule has 0 spiro atoms. The van der Waals surface area contributed by atoms with Crippen molar-refractivity contribution in [3.63, 3.8) is 0 Å². The zero-order valence-electron chi connectivity index (χ0n) is 7.37. The highest BCUT2D eigenvalue weighted by molar-refractivity contribution is 6.31. The normalized spacial score (nSPS) is 21.8. The minimum atomic E-state index is -0.183. The van der Waals surface area contributed by atoms with Crippen LogP contribution >= 0.6 is 11.6 Å². The van der Waals surface area contributed by atoms with E-state index in [4.69, 9.17) is 16.3 Å². The van der Waals surface area contributed by atoms with Crippen LogP contribution in [-0.4, -0.2) is 24.1 Å². The molecule has 0 aliphatic carbocycles. The molecule has 1 aromatic heterocycles. The molecule has 1 aromatic rings. The molecule has 2 heterocycles. The Labute approximate surface area is 86.2 Å². The number of morpholine rings is 1. The van der Waals surface area contributed by atoms with Crippen molar-refractivity contribution in [3.8, 4) is 0 Å². The van der Waals surface area contributed by atoms with Gasteiger partial charge in [0.1, 0.15) is 6.61 Å². The van der Waals surface area contributed by atoms with Crippen molar-refractivity contribution >= 4 is 17.5 Å². The van der Waals surface area contributed by atoms with Gasteiger partial charge in [-0.3, -0.25) is 9.78 Å². The van der Waals surface area contributed by atoms with Crippen molar-refractivity contribution in [1.82, 2.24) is 10.3 Å². The zero-order chi connectivity index (χ0) is 9.97. The second kappa shape index (κ2) is 3.94. The van der Waals surface area contributed by atoms with Gasteiger partial charge in [0.05, 0.1) is 12.6 Å². The summed E-state index contributed by atoms with van der Waals surface area (Å²) >= 11 is 5.96. The largest absolute Gasteiger partial charge is 0.369 e. The highest BCUT2D eigenvalue weighted by Crippen LogP contribution is 2.22. The maximum Gasteiger partial charge on any atom is 0.246 e. The minimum Gasteiger partial charge on any atom is -0.369 e. The molecule has 1 aliphatic heterocycles. The predicted octanol–water partition coefficient (Wildman–Crippen LogP) is 0.923. The first-order valence-electron chi connectivity index (χ1n) is 4.24. The molecule has 1 saturated heterocycles. The number of aromatic nitrogens is 1. The van der Waals surface area contributed by atoms with Gasteiger partial charge in [-0.25, -0.2) is 0 Å². The summed E-state index contributed by atoms with van der Waals surface area (Å²) in [5, 5.41) is 3.38. The van der Waals surface area contributed by atoms with Gasteiger partial charge < -0.3 is 10.1 Å². The molecule has 5 heteroatoms. The molecule has 14 heavy (non-hydrogen) atoms. The fraction of sp³-hybridized carbons (Fsp3) is 0.333. The van der Waals surface area contributed by atoms with E-state index in [1.165, 1.54) is 0 Å². The first-order chi connectivity index (χ1) is 6.77. The SMILES string of the molecule is O=C1COC[C@@H](c2cnccc2Cl)N1. The first kappa shape index (κ1) is 9.43. The molecule has 1 fully saturated rings. The molecule has 1 aliphatic rings. The van der Waals surface area contributed by atoms with E-state index < -0.39 is 0 Å². The van der Waals surface area contributed by atoms with Gasteiger partial charge in [0, 0.05) is 23.0 Å². The summed E-state index contributed by atoms with van der Waals surface area (Å²) < 4.78 is 5.11. The molecule has 1 amide bonds. The second-order valence-electron chi connectivity index (χ2n) is 3.03. The van der Waals surface area contributed by atoms with Crippen molar-refractivity contribution in [2.75, 3.05) is 13.2 Å². The second-order valence-corrected chi connectivity index (χ2v) is 3.44. The van der Waals surface area contributed by atoms with Gasteiger partial charge in [-0.2, -0.15) is 0 Å². The van der Waals surface area contributed by atoms with Crippen LogP contribution in [0.5, 0.6) is 0 Å². The Bertz CT molecular complexity index is 356. The topological polar surface area (TPSA) is 51.2 Å². The number of ether oxygens (including phenoxy) is 1. The molecule has 0 saturated carbocycles. The minimum absolute atomic E-state index is 0.119. The first-order valence-corrected chi connectivity index (χ1v) is 4.61.